The van der Waals surface area contributed by atoms with Crippen LogP contribution in [-0.4, -0.2) is 33.6 Å². The number of amides is 3. The van der Waals surface area contributed by atoms with Crippen molar-refractivity contribution < 1.29 is 19.5 Å². The van der Waals surface area contributed by atoms with Gasteiger partial charge in [-0.1, -0.05) is 48.5 Å². The number of nitrogens with zero attached hydrogens (tertiary/aromatic N) is 1. The van der Waals surface area contributed by atoms with E-state index in [0.717, 1.165) is 27.4 Å². The molecule has 1 heterocycles. The molecule has 7 heteroatoms. The maximum atomic E-state index is 12.6. The highest BCUT2D eigenvalue weighted by atomic mass is 32.2. The summed E-state index contributed by atoms with van der Waals surface area (Å²) in [5, 5.41) is 13.7. The first-order valence-electron chi connectivity index (χ1n) is 8.83. The van der Waals surface area contributed by atoms with Crippen LogP contribution in [0, 0.1) is 0 Å². The summed E-state index contributed by atoms with van der Waals surface area (Å²) in [5.41, 5.74) is 1.21. The lowest BCUT2D eigenvalue weighted by Gasteiger charge is -2.13. The summed E-state index contributed by atoms with van der Waals surface area (Å²) in [6.07, 6.45) is 1.52. The molecule has 0 atom stereocenters. The molecule has 3 aromatic carbocycles. The lowest BCUT2D eigenvalue weighted by Crippen LogP contribution is -2.36. The molecule has 1 saturated heterocycles. The number of phenolic OH excluding ortho intramolecular Hbond substituents is 1. The molecule has 0 aromatic heterocycles. The van der Waals surface area contributed by atoms with Crippen LogP contribution in [0.25, 0.3) is 16.8 Å². The molecule has 29 heavy (non-hydrogen) atoms. The smallest absolute Gasteiger partial charge is 0.294 e. The molecule has 0 radical (unpaired) electrons. The molecule has 144 valence electrons. The van der Waals surface area contributed by atoms with Crippen LogP contribution in [0.5, 0.6) is 5.75 Å². The van der Waals surface area contributed by atoms with Gasteiger partial charge < -0.3 is 10.4 Å². The molecule has 0 saturated carbocycles. The second kappa shape index (κ2) is 7.81. The molecule has 0 unspecified atom stereocenters. The Labute approximate surface area is 170 Å². The van der Waals surface area contributed by atoms with Gasteiger partial charge in [0.05, 0.1) is 4.91 Å². The molecule has 0 aliphatic carbocycles. The van der Waals surface area contributed by atoms with Gasteiger partial charge in [0.25, 0.3) is 11.1 Å². The van der Waals surface area contributed by atoms with E-state index in [-0.39, 0.29) is 17.2 Å². The molecule has 3 aromatic rings. The van der Waals surface area contributed by atoms with Gasteiger partial charge in [-0.3, -0.25) is 19.3 Å². The van der Waals surface area contributed by atoms with E-state index in [9.17, 15) is 19.5 Å². The predicted molar refractivity (Wildman–Crippen MR) is 113 cm³/mol. The third-order valence-electron chi connectivity index (χ3n) is 4.41. The predicted octanol–water partition coefficient (Wildman–Crippen LogP) is 4.22. The molecule has 0 bridgehead atoms. The Morgan fingerprint density at radius 3 is 2.62 bits per heavy atom. The lowest BCUT2D eigenvalue weighted by atomic mass is 10.1. The molecular formula is C22H16N2O4S. The SMILES string of the molecule is O=C(CN1C(=O)S/C(=C\c2cccc(O)c2)C1=O)Nc1cccc2ccccc12. The molecule has 3 amide bonds. The van der Waals surface area contributed by atoms with Crippen molar-refractivity contribution >= 4 is 51.4 Å². The van der Waals surface area contributed by atoms with Gasteiger partial charge in [0, 0.05) is 11.1 Å². The third kappa shape index (κ3) is 4.00. The number of aromatic hydroxyl groups is 1. The number of thioether (sulfide) groups is 1. The molecule has 4 rings (SSSR count). The van der Waals surface area contributed by atoms with E-state index in [1.165, 1.54) is 18.2 Å². The van der Waals surface area contributed by atoms with Crippen LogP contribution in [0.2, 0.25) is 0 Å². The summed E-state index contributed by atoms with van der Waals surface area (Å²) < 4.78 is 0. The van der Waals surface area contributed by atoms with Gasteiger partial charge in [-0.2, -0.15) is 0 Å². The van der Waals surface area contributed by atoms with Crippen molar-refractivity contribution in [2.75, 3.05) is 11.9 Å². The monoisotopic (exact) mass is 404 g/mol. The van der Waals surface area contributed by atoms with Crippen molar-refractivity contribution in [2.45, 2.75) is 0 Å². The van der Waals surface area contributed by atoms with Gasteiger partial charge >= 0.3 is 0 Å². The van der Waals surface area contributed by atoms with E-state index in [1.807, 2.05) is 36.4 Å². The standard InChI is InChI=1S/C22H16N2O4S/c25-16-8-3-5-14(11-16)12-19-21(27)24(22(28)29-19)13-20(26)23-18-10-4-7-15-6-1-2-9-17(15)18/h1-12,25H,13H2,(H,23,26)/b19-12-. The molecule has 1 fully saturated rings. The molecular weight excluding hydrogens is 388 g/mol. The highest BCUT2D eigenvalue weighted by molar-refractivity contribution is 8.18. The number of nitrogens with one attached hydrogen (secondary N) is 1. The third-order valence-corrected chi connectivity index (χ3v) is 5.31. The first-order valence-corrected chi connectivity index (χ1v) is 9.65. The highest BCUT2D eigenvalue weighted by Crippen LogP contribution is 2.32. The normalized spacial score (nSPS) is 15.3. The van der Waals surface area contributed by atoms with Gasteiger partial charge in [-0.15, -0.1) is 0 Å². The lowest BCUT2D eigenvalue weighted by molar-refractivity contribution is -0.127. The largest absolute Gasteiger partial charge is 0.508 e. The minimum Gasteiger partial charge on any atom is -0.508 e. The summed E-state index contributed by atoms with van der Waals surface area (Å²) in [4.78, 5) is 38.4. The highest BCUT2D eigenvalue weighted by Gasteiger charge is 2.36. The second-order valence-electron chi connectivity index (χ2n) is 6.44. The number of carbonyl (C=O) groups is 3. The minimum atomic E-state index is -0.531. The first kappa shape index (κ1) is 18.8. The van der Waals surface area contributed by atoms with Gasteiger partial charge in [0.2, 0.25) is 5.91 Å². The van der Waals surface area contributed by atoms with Crippen LogP contribution in [0.15, 0.2) is 71.6 Å². The van der Waals surface area contributed by atoms with Gasteiger partial charge in [0.1, 0.15) is 12.3 Å². The number of anilines is 1. The van der Waals surface area contributed by atoms with Crippen molar-refractivity contribution in [1.29, 1.82) is 0 Å². The zero-order valence-corrected chi connectivity index (χ0v) is 16.0. The van der Waals surface area contributed by atoms with E-state index < -0.39 is 17.1 Å². The van der Waals surface area contributed by atoms with Crippen molar-refractivity contribution in [3.05, 3.63) is 77.2 Å². The van der Waals surface area contributed by atoms with Crippen LogP contribution >= 0.6 is 11.8 Å². The number of phenols is 1. The van der Waals surface area contributed by atoms with Crippen LogP contribution in [-0.2, 0) is 9.59 Å². The Balaban J connectivity index is 1.49. The Morgan fingerprint density at radius 1 is 1.03 bits per heavy atom. The number of rotatable bonds is 4. The average molecular weight is 404 g/mol. The summed E-state index contributed by atoms with van der Waals surface area (Å²) in [7, 11) is 0. The fraction of sp³-hybridized carbons (Fsp3) is 0.0455. The number of benzene rings is 3. The number of hydrogen-bond acceptors (Lipinski definition) is 5. The van der Waals surface area contributed by atoms with E-state index >= 15 is 0 Å². The number of imide groups is 1. The summed E-state index contributed by atoms with van der Waals surface area (Å²) in [6, 6.07) is 19.5. The molecule has 2 N–H and O–H groups in total. The minimum absolute atomic E-state index is 0.0624. The van der Waals surface area contributed by atoms with Crippen LogP contribution in [0.3, 0.4) is 0 Å². The summed E-state index contributed by atoms with van der Waals surface area (Å²) in [5.74, 6) is -0.925. The molecule has 1 aliphatic heterocycles. The van der Waals surface area contributed by atoms with Crippen molar-refractivity contribution in [1.82, 2.24) is 4.90 Å². The van der Waals surface area contributed by atoms with Gasteiger partial charge in [0.15, 0.2) is 0 Å². The average Bonchev–Trinajstić information content (AvgIpc) is 2.96. The van der Waals surface area contributed by atoms with E-state index in [4.69, 9.17) is 0 Å². The summed E-state index contributed by atoms with van der Waals surface area (Å²) >= 11 is 0.770. The number of fused-ring (bicyclic) bond motifs is 1. The van der Waals surface area contributed by atoms with Gasteiger partial charge in [-0.25, -0.2) is 0 Å². The summed E-state index contributed by atoms with van der Waals surface area (Å²) in [6.45, 7) is -0.370. The fourth-order valence-corrected chi connectivity index (χ4v) is 3.91. The van der Waals surface area contributed by atoms with Crippen LogP contribution < -0.4 is 5.32 Å². The van der Waals surface area contributed by atoms with Crippen molar-refractivity contribution in [3.8, 4) is 5.75 Å². The van der Waals surface area contributed by atoms with Crippen molar-refractivity contribution in [3.63, 3.8) is 0 Å². The Hall–Kier alpha value is -3.58. The van der Waals surface area contributed by atoms with Crippen molar-refractivity contribution in [2.24, 2.45) is 0 Å². The topological polar surface area (TPSA) is 86.7 Å². The zero-order chi connectivity index (χ0) is 20.4. The Morgan fingerprint density at radius 2 is 1.79 bits per heavy atom. The quantitative estimate of drug-likeness (QED) is 0.636. The maximum Gasteiger partial charge on any atom is 0.294 e. The molecule has 0 spiro atoms. The Kier molecular flexibility index (Phi) is 5.05. The zero-order valence-electron chi connectivity index (χ0n) is 15.2. The van der Waals surface area contributed by atoms with Crippen LogP contribution in [0.4, 0.5) is 10.5 Å². The Bertz CT molecular complexity index is 1170. The number of hydrogen-bond donors (Lipinski definition) is 2. The fourth-order valence-electron chi connectivity index (χ4n) is 3.07. The van der Waals surface area contributed by atoms with Gasteiger partial charge in [-0.05, 0) is 47.0 Å². The molecule has 6 nitrogen and oxygen atoms in total. The van der Waals surface area contributed by atoms with E-state index in [1.54, 1.807) is 18.2 Å². The van der Waals surface area contributed by atoms with E-state index in [2.05, 4.69) is 5.32 Å². The molecule has 1 aliphatic rings. The van der Waals surface area contributed by atoms with Crippen LogP contribution in [0.1, 0.15) is 5.56 Å². The second-order valence-corrected chi connectivity index (χ2v) is 7.43. The van der Waals surface area contributed by atoms with E-state index in [0.29, 0.717) is 11.3 Å². The maximum absolute atomic E-state index is 12.6. The number of carbonyl (C=O) groups excluding carboxylic acids is 3. The first-order chi connectivity index (χ1) is 14.0.